The van der Waals surface area contributed by atoms with Gasteiger partial charge in [-0.15, -0.1) is 0 Å². The fourth-order valence-corrected chi connectivity index (χ4v) is 3.97. The van der Waals surface area contributed by atoms with Crippen molar-refractivity contribution in [2.45, 2.75) is 44.1 Å². The van der Waals surface area contributed by atoms with E-state index in [0.717, 1.165) is 50.6 Å². The standard InChI is InChI=1S/C18H28ClN3O2/c19-18-12-20-7-4-17(18)15-5-10-22(11-6-15)24-14-16(23)13-21-8-2-1-3-9-21/h4,7,12,15-16,23H,1-3,5-6,8-11,13-14H2. The van der Waals surface area contributed by atoms with Crippen LogP contribution < -0.4 is 0 Å². The third-order valence-electron chi connectivity index (χ3n) is 5.06. The molecule has 2 aliphatic heterocycles. The first-order valence-corrected chi connectivity index (χ1v) is 9.48. The van der Waals surface area contributed by atoms with Gasteiger partial charge in [0.05, 0.1) is 17.7 Å². The summed E-state index contributed by atoms with van der Waals surface area (Å²) in [5, 5.41) is 12.9. The summed E-state index contributed by atoms with van der Waals surface area (Å²) in [4.78, 5) is 12.2. The van der Waals surface area contributed by atoms with E-state index in [4.69, 9.17) is 16.4 Å². The smallest absolute Gasteiger partial charge is 0.0957 e. The number of likely N-dealkylation sites (tertiary alicyclic amines) is 1. The first-order chi connectivity index (χ1) is 11.7. The number of pyridine rings is 1. The Bertz CT molecular complexity index is 503. The van der Waals surface area contributed by atoms with Crippen LogP contribution in [-0.2, 0) is 4.84 Å². The number of hydrogen-bond acceptors (Lipinski definition) is 5. The van der Waals surface area contributed by atoms with Crippen molar-refractivity contribution < 1.29 is 9.94 Å². The molecule has 1 aromatic heterocycles. The average Bonchev–Trinajstić information content (AvgIpc) is 2.62. The van der Waals surface area contributed by atoms with E-state index in [1.807, 2.05) is 11.1 Å². The first kappa shape index (κ1) is 18.1. The monoisotopic (exact) mass is 353 g/mol. The number of aliphatic hydroxyl groups is 1. The quantitative estimate of drug-likeness (QED) is 0.852. The molecule has 1 N–H and O–H groups in total. The number of hydroxylamine groups is 2. The molecule has 2 aliphatic rings. The highest BCUT2D eigenvalue weighted by atomic mass is 35.5. The lowest BCUT2D eigenvalue weighted by Crippen LogP contribution is -2.41. The number of piperidine rings is 2. The molecule has 0 radical (unpaired) electrons. The van der Waals surface area contributed by atoms with Crippen LogP contribution in [0.1, 0.15) is 43.6 Å². The van der Waals surface area contributed by atoms with Crippen molar-refractivity contribution in [3.05, 3.63) is 29.0 Å². The van der Waals surface area contributed by atoms with Gasteiger partial charge in [0.25, 0.3) is 0 Å². The second-order valence-electron chi connectivity index (χ2n) is 6.91. The zero-order valence-electron chi connectivity index (χ0n) is 14.2. The van der Waals surface area contributed by atoms with Crippen molar-refractivity contribution in [3.63, 3.8) is 0 Å². The summed E-state index contributed by atoms with van der Waals surface area (Å²) in [6.07, 6.45) is 8.97. The Morgan fingerprint density at radius 1 is 1.21 bits per heavy atom. The maximum Gasteiger partial charge on any atom is 0.0957 e. The summed E-state index contributed by atoms with van der Waals surface area (Å²) >= 11 is 6.24. The van der Waals surface area contributed by atoms with Crippen LogP contribution in [0, 0.1) is 0 Å². The Kier molecular flexibility index (Phi) is 6.86. The van der Waals surface area contributed by atoms with Gasteiger partial charge in [-0.1, -0.05) is 18.0 Å². The Balaban J connectivity index is 1.37. The molecule has 0 bridgehead atoms. The van der Waals surface area contributed by atoms with Gasteiger partial charge in [0.15, 0.2) is 0 Å². The number of β-amino-alcohol motifs (C(OH)–C–C–N with tert-alkyl or cyclic N) is 1. The summed E-state index contributed by atoms with van der Waals surface area (Å²) in [5.74, 6) is 0.471. The minimum Gasteiger partial charge on any atom is -0.389 e. The number of hydrogen-bond donors (Lipinski definition) is 1. The molecule has 2 saturated heterocycles. The van der Waals surface area contributed by atoms with E-state index in [-0.39, 0.29) is 0 Å². The van der Waals surface area contributed by atoms with Gasteiger partial charge in [0.1, 0.15) is 0 Å². The SMILES string of the molecule is OC(CON1CCC(c2ccncc2Cl)CC1)CN1CCCCC1. The molecule has 0 amide bonds. The van der Waals surface area contributed by atoms with Gasteiger partial charge in [-0.05, 0) is 56.3 Å². The maximum absolute atomic E-state index is 10.2. The second-order valence-corrected chi connectivity index (χ2v) is 7.32. The van der Waals surface area contributed by atoms with Gasteiger partial charge < -0.3 is 10.0 Å². The van der Waals surface area contributed by atoms with Gasteiger partial charge in [0.2, 0.25) is 0 Å². The van der Waals surface area contributed by atoms with Crippen molar-refractivity contribution in [3.8, 4) is 0 Å². The Morgan fingerprint density at radius 2 is 1.96 bits per heavy atom. The normalized spacial score (nSPS) is 22.6. The van der Waals surface area contributed by atoms with Crippen LogP contribution in [0.5, 0.6) is 0 Å². The van der Waals surface area contributed by atoms with E-state index in [0.29, 0.717) is 12.5 Å². The molecule has 1 atom stereocenters. The van der Waals surface area contributed by atoms with Gasteiger partial charge in [-0.25, -0.2) is 0 Å². The molecule has 0 saturated carbocycles. The van der Waals surface area contributed by atoms with E-state index in [1.54, 1.807) is 12.4 Å². The Labute approximate surface area is 149 Å². The van der Waals surface area contributed by atoms with Gasteiger partial charge in [-0.3, -0.25) is 9.82 Å². The van der Waals surface area contributed by atoms with Crippen LogP contribution in [0.4, 0.5) is 0 Å². The van der Waals surface area contributed by atoms with Crippen LogP contribution in [0.15, 0.2) is 18.5 Å². The minimum atomic E-state index is -0.407. The van der Waals surface area contributed by atoms with Crippen molar-refractivity contribution in [2.24, 2.45) is 0 Å². The summed E-state index contributed by atoms with van der Waals surface area (Å²) in [7, 11) is 0. The molecular weight excluding hydrogens is 326 g/mol. The second kappa shape index (κ2) is 9.11. The fourth-order valence-electron chi connectivity index (χ4n) is 3.70. The van der Waals surface area contributed by atoms with Crippen LogP contribution in [0.2, 0.25) is 5.02 Å². The molecule has 0 aromatic carbocycles. The maximum atomic E-state index is 10.2. The van der Waals surface area contributed by atoms with Crippen molar-refractivity contribution in [1.29, 1.82) is 0 Å². The number of nitrogens with zero attached hydrogens (tertiary/aromatic N) is 3. The van der Waals surface area contributed by atoms with Gasteiger partial charge in [0, 0.05) is 32.0 Å². The summed E-state index contributed by atoms with van der Waals surface area (Å²) in [5.41, 5.74) is 1.19. The molecule has 5 nitrogen and oxygen atoms in total. The average molecular weight is 354 g/mol. The molecule has 2 fully saturated rings. The lowest BCUT2D eigenvalue weighted by Gasteiger charge is -2.33. The topological polar surface area (TPSA) is 48.8 Å². The van der Waals surface area contributed by atoms with Crippen molar-refractivity contribution in [2.75, 3.05) is 39.3 Å². The third kappa shape index (κ3) is 5.14. The van der Waals surface area contributed by atoms with Crippen LogP contribution in [-0.4, -0.2) is 65.5 Å². The van der Waals surface area contributed by atoms with E-state index in [2.05, 4.69) is 9.88 Å². The molecule has 134 valence electrons. The van der Waals surface area contributed by atoms with Crippen LogP contribution >= 0.6 is 11.6 Å². The fraction of sp³-hybridized carbons (Fsp3) is 0.722. The molecule has 3 rings (SSSR count). The predicted octanol–water partition coefficient (Wildman–Crippen LogP) is 2.69. The van der Waals surface area contributed by atoms with Crippen LogP contribution in [0.3, 0.4) is 0 Å². The number of aromatic nitrogens is 1. The van der Waals surface area contributed by atoms with Gasteiger partial charge in [-0.2, -0.15) is 5.06 Å². The molecule has 3 heterocycles. The predicted molar refractivity (Wildman–Crippen MR) is 95.0 cm³/mol. The lowest BCUT2D eigenvalue weighted by molar-refractivity contribution is -0.190. The molecule has 0 spiro atoms. The first-order valence-electron chi connectivity index (χ1n) is 9.10. The van der Waals surface area contributed by atoms with Crippen LogP contribution in [0.25, 0.3) is 0 Å². The highest BCUT2D eigenvalue weighted by molar-refractivity contribution is 6.31. The lowest BCUT2D eigenvalue weighted by atomic mass is 9.91. The number of aliphatic hydroxyl groups excluding tert-OH is 1. The van der Waals surface area contributed by atoms with E-state index in [9.17, 15) is 5.11 Å². The summed E-state index contributed by atoms with van der Waals surface area (Å²) in [6.45, 7) is 5.07. The minimum absolute atomic E-state index is 0.386. The number of rotatable bonds is 6. The Morgan fingerprint density at radius 3 is 2.67 bits per heavy atom. The molecule has 1 unspecified atom stereocenters. The van der Waals surface area contributed by atoms with E-state index < -0.39 is 6.10 Å². The molecular formula is C18H28ClN3O2. The van der Waals surface area contributed by atoms with E-state index in [1.165, 1.54) is 24.8 Å². The summed E-state index contributed by atoms with van der Waals surface area (Å²) < 4.78 is 0. The highest BCUT2D eigenvalue weighted by Crippen LogP contribution is 2.32. The van der Waals surface area contributed by atoms with Gasteiger partial charge >= 0.3 is 0 Å². The largest absolute Gasteiger partial charge is 0.389 e. The number of halogens is 1. The van der Waals surface area contributed by atoms with Crippen molar-refractivity contribution in [1.82, 2.24) is 14.9 Å². The summed E-state index contributed by atoms with van der Waals surface area (Å²) in [6, 6.07) is 2.02. The zero-order chi connectivity index (χ0) is 16.8. The third-order valence-corrected chi connectivity index (χ3v) is 5.38. The molecule has 1 aromatic rings. The highest BCUT2D eigenvalue weighted by Gasteiger charge is 2.23. The Hall–Kier alpha value is -0.720. The van der Waals surface area contributed by atoms with Crippen molar-refractivity contribution >= 4 is 11.6 Å². The molecule has 6 heteroatoms. The van der Waals surface area contributed by atoms with E-state index >= 15 is 0 Å². The molecule has 0 aliphatic carbocycles. The molecule has 24 heavy (non-hydrogen) atoms. The zero-order valence-corrected chi connectivity index (χ0v) is 15.0.